The van der Waals surface area contributed by atoms with Crippen LogP contribution >= 0.6 is 0 Å². The first-order valence-electron chi connectivity index (χ1n) is 4.68. The summed E-state index contributed by atoms with van der Waals surface area (Å²) in [6.45, 7) is 8.40. The van der Waals surface area contributed by atoms with E-state index in [9.17, 15) is 0 Å². The Morgan fingerprint density at radius 2 is 1.85 bits per heavy atom. The third kappa shape index (κ3) is 3.01. The van der Waals surface area contributed by atoms with E-state index in [1.54, 1.807) is 6.20 Å². The highest BCUT2D eigenvalue weighted by atomic mass is 15.0. The summed E-state index contributed by atoms with van der Waals surface area (Å²) in [7, 11) is 0. The van der Waals surface area contributed by atoms with E-state index in [-0.39, 0.29) is 0 Å². The van der Waals surface area contributed by atoms with Gasteiger partial charge < -0.3 is 5.32 Å². The van der Waals surface area contributed by atoms with Crippen LogP contribution < -0.4 is 5.32 Å². The second-order valence-corrected chi connectivity index (χ2v) is 3.78. The van der Waals surface area contributed by atoms with E-state index >= 15 is 0 Å². The first kappa shape index (κ1) is 9.96. The van der Waals surface area contributed by atoms with Gasteiger partial charge in [-0.25, -0.2) is 4.98 Å². The summed E-state index contributed by atoms with van der Waals surface area (Å²) in [5, 5.41) is 3.23. The van der Waals surface area contributed by atoms with E-state index in [0.29, 0.717) is 12.0 Å². The molecule has 0 saturated carbocycles. The number of hydrogen-bond donors (Lipinski definition) is 1. The number of hydrogen-bond acceptors (Lipinski definition) is 3. The molecular formula is C10H17N3. The van der Waals surface area contributed by atoms with Gasteiger partial charge in [-0.1, -0.05) is 13.8 Å². The molecule has 0 radical (unpaired) electrons. The van der Waals surface area contributed by atoms with Crippen LogP contribution in [0.1, 0.15) is 39.3 Å². The maximum absolute atomic E-state index is 4.44. The zero-order valence-corrected chi connectivity index (χ0v) is 8.70. The summed E-state index contributed by atoms with van der Waals surface area (Å²) in [5.41, 5.74) is 1.03. The Hall–Kier alpha value is -1.12. The molecule has 13 heavy (non-hydrogen) atoms. The van der Waals surface area contributed by atoms with E-state index in [1.165, 1.54) is 0 Å². The van der Waals surface area contributed by atoms with Crippen molar-refractivity contribution in [3.63, 3.8) is 0 Å². The highest BCUT2D eigenvalue weighted by molar-refractivity contribution is 5.32. The average molecular weight is 179 g/mol. The molecule has 1 aromatic heterocycles. The Bertz CT molecular complexity index is 269. The second-order valence-electron chi connectivity index (χ2n) is 3.78. The van der Waals surface area contributed by atoms with Crippen molar-refractivity contribution in [1.29, 1.82) is 0 Å². The van der Waals surface area contributed by atoms with Gasteiger partial charge in [-0.15, -0.1) is 0 Å². The fourth-order valence-corrected chi connectivity index (χ4v) is 1.02. The summed E-state index contributed by atoms with van der Waals surface area (Å²) < 4.78 is 0. The van der Waals surface area contributed by atoms with Crippen molar-refractivity contribution in [3.8, 4) is 0 Å². The average Bonchev–Trinajstić information content (AvgIpc) is 2.03. The summed E-state index contributed by atoms with van der Waals surface area (Å²) >= 11 is 0. The Morgan fingerprint density at radius 3 is 2.38 bits per heavy atom. The molecule has 0 amide bonds. The highest BCUT2D eigenvalue weighted by Crippen LogP contribution is 2.12. The molecule has 3 nitrogen and oxygen atoms in total. The molecule has 0 atom stereocenters. The molecule has 0 saturated heterocycles. The number of anilines is 1. The molecule has 0 aromatic carbocycles. The fraction of sp³-hybridized carbons (Fsp3) is 0.600. The lowest BCUT2D eigenvalue weighted by Gasteiger charge is -2.10. The van der Waals surface area contributed by atoms with Crippen molar-refractivity contribution in [2.75, 3.05) is 5.32 Å². The third-order valence-electron chi connectivity index (χ3n) is 1.68. The topological polar surface area (TPSA) is 37.8 Å². The van der Waals surface area contributed by atoms with Crippen molar-refractivity contribution in [2.45, 2.75) is 39.7 Å². The molecule has 1 heterocycles. The summed E-state index contributed by atoms with van der Waals surface area (Å²) in [6, 6.07) is 0.400. The smallest absolute Gasteiger partial charge is 0.145 e. The standard InChI is InChI=1S/C10H17N3/c1-7(2)9-5-11-6-10(13-9)12-8(3)4/h5-8H,1-4H3,(H,12,13). The van der Waals surface area contributed by atoms with Crippen LogP contribution in [0.15, 0.2) is 12.4 Å². The fourth-order valence-electron chi connectivity index (χ4n) is 1.02. The molecule has 0 spiro atoms. The quantitative estimate of drug-likeness (QED) is 0.774. The Kier molecular flexibility index (Phi) is 3.23. The lowest BCUT2D eigenvalue weighted by Crippen LogP contribution is -2.12. The van der Waals surface area contributed by atoms with E-state index < -0.39 is 0 Å². The lowest BCUT2D eigenvalue weighted by atomic mass is 10.1. The van der Waals surface area contributed by atoms with Gasteiger partial charge in [0.15, 0.2) is 0 Å². The number of nitrogens with zero attached hydrogens (tertiary/aromatic N) is 2. The molecule has 1 N–H and O–H groups in total. The summed E-state index contributed by atoms with van der Waals surface area (Å²) in [5.74, 6) is 1.29. The van der Waals surface area contributed by atoms with Crippen LogP contribution in [-0.2, 0) is 0 Å². The second kappa shape index (κ2) is 4.21. The van der Waals surface area contributed by atoms with Gasteiger partial charge in [0.05, 0.1) is 11.9 Å². The zero-order valence-electron chi connectivity index (χ0n) is 8.70. The van der Waals surface area contributed by atoms with E-state index in [1.807, 2.05) is 6.20 Å². The lowest BCUT2D eigenvalue weighted by molar-refractivity contribution is 0.803. The molecule has 0 fully saturated rings. The molecule has 0 bridgehead atoms. The van der Waals surface area contributed by atoms with Crippen LogP contribution in [0.5, 0.6) is 0 Å². The van der Waals surface area contributed by atoms with Gasteiger partial charge in [-0.3, -0.25) is 4.98 Å². The third-order valence-corrected chi connectivity index (χ3v) is 1.68. The van der Waals surface area contributed by atoms with Crippen molar-refractivity contribution >= 4 is 5.82 Å². The molecule has 0 aliphatic carbocycles. The van der Waals surface area contributed by atoms with Gasteiger partial charge in [0, 0.05) is 12.2 Å². The normalized spacial score (nSPS) is 10.9. The van der Waals surface area contributed by atoms with Gasteiger partial charge in [0.1, 0.15) is 5.82 Å². The predicted molar refractivity (Wildman–Crippen MR) is 54.9 cm³/mol. The first-order valence-corrected chi connectivity index (χ1v) is 4.68. The number of nitrogens with one attached hydrogen (secondary N) is 1. The van der Waals surface area contributed by atoms with E-state index in [2.05, 4.69) is 43.0 Å². The minimum Gasteiger partial charge on any atom is -0.367 e. The molecule has 0 aliphatic rings. The molecular weight excluding hydrogens is 162 g/mol. The molecule has 0 aliphatic heterocycles. The van der Waals surface area contributed by atoms with Crippen LogP contribution in [0, 0.1) is 0 Å². The van der Waals surface area contributed by atoms with Crippen LogP contribution in [0.25, 0.3) is 0 Å². The monoisotopic (exact) mass is 179 g/mol. The van der Waals surface area contributed by atoms with E-state index in [0.717, 1.165) is 11.5 Å². The summed E-state index contributed by atoms with van der Waals surface area (Å²) in [6.07, 6.45) is 3.57. The van der Waals surface area contributed by atoms with Gasteiger partial charge in [-0.05, 0) is 19.8 Å². The van der Waals surface area contributed by atoms with E-state index in [4.69, 9.17) is 0 Å². The van der Waals surface area contributed by atoms with Crippen LogP contribution in [0.4, 0.5) is 5.82 Å². The Morgan fingerprint density at radius 1 is 1.15 bits per heavy atom. The Labute approximate surface area is 79.6 Å². The summed E-state index contributed by atoms with van der Waals surface area (Å²) in [4.78, 5) is 8.57. The van der Waals surface area contributed by atoms with Crippen molar-refractivity contribution in [3.05, 3.63) is 18.1 Å². The molecule has 3 heteroatoms. The molecule has 72 valence electrons. The van der Waals surface area contributed by atoms with Gasteiger partial charge >= 0.3 is 0 Å². The van der Waals surface area contributed by atoms with Crippen molar-refractivity contribution < 1.29 is 0 Å². The first-order chi connectivity index (χ1) is 6.09. The van der Waals surface area contributed by atoms with Gasteiger partial charge in [-0.2, -0.15) is 0 Å². The minimum absolute atomic E-state index is 0.400. The zero-order chi connectivity index (χ0) is 9.84. The molecule has 1 rings (SSSR count). The van der Waals surface area contributed by atoms with Crippen LogP contribution in [-0.4, -0.2) is 16.0 Å². The largest absolute Gasteiger partial charge is 0.367 e. The van der Waals surface area contributed by atoms with Crippen molar-refractivity contribution in [1.82, 2.24) is 9.97 Å². The predicted octanol–water partition coefficient (Wildman–Crippen LogP) is 2.42. The van der Waals surface area contributed by atoms with Crippen LogP contribution in [0.3, 0.4) is 0 Å². The van der Waals surface area contributed by atoms with Gasteiger partial charge in [0.2, 0.25) is 0 Å². The van der Waals surface area contributed by atoms with Crippen molar-refractivity contribution in [2.24, 2.45) is 0 Å². The highest BCUT2D eigenvalue weighted by Gasteiger charge is 2.03. The Balaban J connectivity index is 2.79. The molecule has 0 unspecified atom stereocenters. The SMILES string of the molecule is CC(C)Nc1cncc(C(C)C)n1. The van der Waals surface area contributed by atoms with Crippen LogP contribution in [0.2, 0.25) is 0 Å². The minimum atomic E-state index is 0.400. The number of rotatable bonds is 3. The maximum atomic E-state index is 4.44. The number of aromatic nitrogens is 2. The molecule has 1 aromatic rings. The van der Waals surface area contributed by atoms with Gasteiger partial charge in [0.25, 0.3) is 0 Å². The maximum Gasteiger partial charge on any atom is 0.145 e.